The van der Waals surface area contributed by atoms with Gasteiger partial charge in [0, 0.05) is 24.2 Å². The van der Waals surface area contributed by atoms with Gasteiger partial charge >= 0.3 is 0 Å². The maximum absolute atomic E-state index is 12.8. The molecule has 2 heterocycles. The molecule has 1 amide bonds. The van der Waals surface area contributed by atoms with Crippen LogP contribution in [0.4, 0.5) is 0 Å². The van der Waals surface area contributed by atoms with E-state index in [9.17, 15) is 4.79 Å². The molecule has 0 radical (unpaired) electrons. The number of carbonyl (C=O) groups is 1. The van der Waals surface area contributed by atoms with Crippen molar-refractivity contribution < 1.29 is 4.79 Å². The molecular weight excluding hydrogens is 346 g/mol. The summed E-state index contributed by atoms with van der Waals surface area (Å²) in [5.41, 5.74) is 4.11. The number of aromatic nitrogens is 2. The Balaban J connectivity index is 1.52. The molecule has 1 aliphatic heterocycles. The summed E-state index contributed by atoms with van der Waals surface area (Å²) in [6, 6.07) is 20.2. The lowest BCUT2D eigenvalue weighted by Gasteiger charge is -2.26. The molecule has 0 bridgehead atoms. The largest absolute Gasteiger partial charge is 0.339 e. The molecule has 3 aromatic carbocycles. The smallest absolute Gasteiger partial charge is 0.253 e. The maximum atomic E-state index is 12.8. The number of fused-ring (bicyclic) bond motifs is 2. The molecule has 1 saturated heterocycles. The molecular formula is C24H21N3O. The van der Waals surface area contributed by atoms with Crippen molar-refractivity contribution in [2.45, 2.75) is 19.3 Å². The third-order valence-electron chi connectivity index (χ3n) is 5.48. The Labute approximate surface area is 163 Å². The molecule has 138 valence electrons. The molecule has 0 saturated carbocycles. The highest BCUT2D eigenvalue weighted by Crippen LogP contribution is 2.25. The predicted molar refractivity (Wildman–Crippen MR) is 112 cm³/mol. The number of carbonyl (C=O) groups excluding carboxylic acids is 1. The van der Waals surface area contributed by atoms with Gasteiger partial charge in [-0.2, -0.15) is 0 Å². The molecule has 1 aromatic heterocycles. The number of hydrogen-bond donors (Lipinski definition) is 0. The topological polar surface area (TPSA) is 46.1 Å². The van der Waals surface area contributed by atoms with E-state index in [1.807, 2.05) is 35.2 Å². The summed E-state index contributed by atoms with van der Waals surface area (Å²) in [7, 11) is 0. The number of piperidine rings is 1. The Morgan fingerprint density at radius 2 is 1.64 bits per heavy atom. The summed E-state index contributed by atoms with van der Waals surface area (Å²) >= 11 is 0. The van der Waals surface area contributed by atoms with Crippen LogP contribution in [-0.2, 0) is 0 Å². The Morgan fingerprint density at radius 1 is 0.821 bits per heavy atom. The van der Waals surface area contributed by atoms with Crippen LogP contribution >= 0.6 is 0 Å². The Hall–Kier alpha value is -3.27. The minimum atomic E-state index is 0.0968. The lowest BCUT2D eigenvalue weighted by molar-refractivity contribution is 0.0724. The van der Waals surface area contributed by atoms with Crippen molar-refractivity contribution >= 4 is 27.7 Å². The molecule has 0 aliphatic carbocycles. The van der Waals surface area contributed by atoms with Gasteiger partial charge in [0.2, 0.25) is 0 Å². The van der Waals surface area contributed by atoms with Gasteiger partial charge in [-0.05, 0) is 54.3 Å². The molecule has 0 spiro atoms. The average Bonchev–Trinajstić information content (AvgIpc) is 2.78. The van der Waals surface area contributed by atoms with Gasteiger partial charge in [-0.1, -0.05) is 36.4 Å². The third kappa shape index (κ3) is 3.11. The van der Waals surface area contributed by atoms with Crippen molar-refractivity contribution in [3.8, 4) is 11.3 Å². The van der Waals surface area contributed by atoms with Crippen LogP contribution in [0.5, 0.6) is 0 Å². The number of benzene rings is 3. The lowest BCUT2D eigenvalue weighted by Crippen LogP contribution is -2.35. The number of amides is 1. The Bertz CT molecular complexity index is 1180. The number of hydrogen-bond acceptors (Lipinski definition) is 3. The van der Waals surface area contributed by atoms with E-state index in [1.54, 1.807) is 6.20 Å². The number of likely N-dealkylation sites (tertiary alicyclic amines) is 1. The summed E-state index contributed by atoms with van der Waals surface area (Å²) in [4.78, 5) is 24.1. The predicted octanol–water partition coefficient (Wildman–Crippen LogP) is 5.08. The quantitative estimate of drug-likeness (QED) is 0.496. The van der Waals surface area contributed by atoms with Crippen molar-refractivity contribution in [2.75, 3.05) is 13.1 Å². The van der Waals surface area contributed by atoms with Gasteiger partial charge < -0.3 is 4.90 Å². The summed E-state index contributed by atoms with van der Waals surface area (Å²) < 4.78 is 0. The highest BCUT2D eigenvalue weighted by Gasteiger charge is 2.18. The molecule has 28 heavy (non-hydrogen) atoms. The summed E-state index contributed by atoms with van der Waals surface area (Å²) in [5, 5.41) is 2.38. The first-order chi connectivity index (χ1) is 13.8. The van der Waals surface area contributed by atoms with E-state index in [2.05, 4.69) is 35.3 Å². The minimum absolute atomic E-state index is 0.0968. The standard InChI is InChI=1S/C24H21N3O/c28-24(27-12-4-1-5-13-27)20-10-11-21-22(15-20)26-23(16-25-21)19-9-8-17-6-2-3-7-18(17)14-19/h2-3,6-11,14-16H,1,4-5,12-13H2. The van der Waals surface area contributed by atoms with Crippen LogP contribution in [0.15, 0.2) is 66.9 Å². The summed E-state index contributed by atoms with van der Waals surface area (Å²) in [6.45, 7) is 1.69. The number of nitrogens with zero attached hydrogens (tertiary/aromatic N) is 3. The van der Waals surface area contributed by atoms with E-state index in [0.717, 1.165) is 48.2 Å². The molecule has 0 unspecified atom stereocenters. The fourth-order valence-electron chi connectivity index (χ4n) is 3.91. The van der Waals surface area contributed by atoms with Gasteiger partial charge in [-0.15, -0.1) is 0 Å². The van der Waals surface area contributed by atoms with E-state index >= 15 is 0 Å². The maximum Gasteiger partial charge on any atom is 0.253 e. The van der Waals surface area contributed by atoms with E-state index in [0.29, 0.717) is 5.56 Å². The lowest BCUT2D eigenvalue weighted by atomic mass is 10.0. The summed E-state index contributed by atoms with van der Waals surface area (Å²) in [5.74, 6) is 0.0968. The third-order valence-corrected chi connectivity index (χ3v) is 5.48. The highest BCUT2D eigenvalue weighted by molar-refractivity contribution is 5.97. The second kappa shape index (κ2) is 7.04. The van der Waals surface area contributed by atoms with Crippen LogP contribution in [-0.4, -0.2) is 33.9 Å². The van der Waals surface area contributed by atoms with Gasteiger partial charge in [-0.3, -0.25) is 9.78 Å². The molecule has 4 heteroatoms. The first kappa shape index (κ1) is 16.9. The summed E-state index contributed by atoms with van der Waals surface area (Å²) in [6.07, 6.45) is 5.19. The van der Waals surface area contributed by atoms with Gasteiger partial charge in [0.1, 0.15) is 0 Å². The average molecular weight is 367 g/mol. The molecule has 4 aromatic rings. The van der Waals surface area contributed by atoms with E-state index in [-0.39, 0.29) is 5.91 Å². The molecule has 1 fully saturated rings. The second-order valence-corrected chi connectivity index (χ2v) is 7.37. The van der Waals surface area contributed by atoms with Gasteiger partial charge in [0.05, 0.1) is 22.9 Å². The van der Waals surface area contributed by atoms with Gasteiger partial charge in [-0.25, -0.2) is 4.98 Å². The van der Waals surface area contributed by atoms with Crippen molar-refractivity contribution in [3.63, 3.8) is 0 Å². The minimum Gasteiger partial charge on any atom is -0.339 e. The van der Waals surface area contributed by atoms with Crippen LogP contribution in [0.3, 0.4) is 0 Å². The van der Waals surface area contributed by atoms with Crippen LogP contribution in [0.25, 0.3) is 33.1 Å². The van der Waals surface area contributed by atoms with Crippen LogP contribution in [0, 0.1) is 0 Å². The second-order valence-electron chi connectivity index (χ2n) is 7.37. The van der Waals surface area contributed by atoms with Crippen molar-refractivity contribution in [1.29, 1.82) is 0 Å². The van der Waals surface area contributed by atoms with Crippen LogP contribution < -0.4 is 0 Å². The first-order valence-electron chi connectivity index (χ1n) is 9.83. The monoisotopic (exact) mass is 367 g/mol. The fraction of sp³-hybridized carbons (Fsp3) is 0.208. The molecule has 5 rings (SSSR count). The Morgan fingerprint density at radius 3 is 2.50 bits per heavy atom. The van der Waals surface area contributed by atoms with Gasteiger partial charge in [0.25, 0.3) is 5.91 Å². The first-order valence-corrected chi connectivity index (χ1v) is 9.83. The van der Waals surface area contributed by atoms with Crippen molar-refractivity contribution in [1.82, 2.24) is 14.9 Å². The van der Waals surface area contributed by atoms with E-state index in [1.165, 1.54) is 17.2 Å². The zero-order valence-corrected chi connectivity index (χ0v) is 15.6. The van der Waals surface area contributed by atoms with Crippen LogP contribution in [0.2, 0.25) is 0 Å². The molecule has 0 N–H and O–H groups in total. The van der Waals surface area contributed by atoms with Gasteiger partial charge in [0.15, 0.2) is 0 Å². The van der Waals surface area contributed by atoms with Crippen molar-refractivity contribution in [3.05, 3.63) is 72.4 Å². The fourth-order valence-corrected chi connectivity index (χ4v) is 3.91. The normalized spacial score (nSPS) is 14.5. The Kier molecular flexibility index (Phi) is 4.24. The van der Waals surface area contributed by atoms with E-state index in [4.69, 9.17) is 4.98 Å². The number of rotatable bonds is 2. The molecule has 0 atom stereocenters. The molecule has 1 aliphatic rings. The molecule has 4 nitrogen and oxygen atoms in total. The highest BCUT2D eigenvalue weighted by atomic mass is 16.2. The SMILES string of the molecule is O=C(c1ccc2ncc(-c3ccc4ccccc4c3)nc2c1)N1CCCCC1. The zero-order chi connectivity index (χ0) is 18.9. The van der Waals surface area contributed by atoms with Crippen LogP contribution in [0.1, 0.15) is 29.6 Å². The van der Waals surface area contributed by atoms with Crippen molar-refractivity contribution in [2.24, 2.45) is 0 Å². The zero-order valence-electron chi connectivity index (χ0n) is 15.6. The van der Waals surface area contributed by atoms with E-state index < -0.39 is 0 Å².